The second-order valence-corrected chi connectivity index (χ2v) is 6.39. The van der Waals surface area contributed by atoms with Crippen LogP contribution in [-0.4, -0.2) is 42.1 Å². The van der Waals surface area contributed by atoms with Crippen LogP contribution in [0.4, 0.5) is 4.79 Å². The molecular weight excluding hydrogens is 256 g/mol. The summed E-state index contributed by atoms with van der Waals surface area (Å²) >= 11 is 0. The molecule has 1 aliphatic rings. The van der Waals surface area contributed by atoms with Crippen LogP contribution in [0.2, 0.25) is 0 Å². The Balaban J connectivity index is 2.65. The third-order valence-electron chi connectivity index (χ3n) is 3.49. The fraction of sp³-hybridized carbons (Fsp3) is 0.867. The summed E-state index contributed by atoms with van der Waals surface area (Å²) in [6, 6.07) is 0.115. The Morgan fingerprint density at radius 1 is 1.25 bits per heavy atom. The standard InChI is InChI=1S/C15H28N2O3/c1-15(2,3)20-14(19)17-11-7-5-6-8-12(17)9-10-13(18)16-4/h12H,5-11H2,1-4H3,(H,16,18). The number of rotatable bonds is 3. The molecule has 1 fully saturated rings. The van der Waals surface area contributed by atoms with Crippen molar-refractivity contribution in [3.63, 3.8) is 0 Å². The summed E-state index contributed by atoms with van der Waals surface area (Å²) in [5, 5.41) is 2.63. The van der Waals surface area contributed by atoms with E-state index in [2.05, 4.69) is 5.32 Å². The molecule has 0 radical (unpaired) electrons. The van der Waals surface area contributed by atoms with Crippen molar-refractivity contribution in [1.29, 1.82) is 0 Å². The van der Waals surface area contributed by atoms with Crippen molar-refractivity contribution >= 4 is 12.0 Å². The first kappa shape index (κ1) is 16.8. The summed E-state index contributed by atoms with van der Waals surface area (Å²) in [5.74, 6) is 0.0263. The van der Waals surface area contributed by atoms with Crippen LogP contribution in [0.3, 0.4) is 0 Å². The fourth-order valence-electron chi connectivity index (χ4n) is 2.46. The molecule has 0 saturated carbocycles. The molecule has 20 heavy (non-hydrogen) atoms. The van der Waals surface area contributed by atoms with Gasteiger partial charge < -0.3 is 15.0 Å². The minimum Gasteiger partial charge on any atom is -0.444 e. The van der Waals surface area contributed by atoms with Gasteiger partial charge in [0.05, 0.1) is 0 Å². The number of amides is 2. The molecule has 0 bridgehead atoms. The van der Waals surface area contributed by atoms with Gasteiger partial charge in [-0.2, -0.15) is 0 Å². The predicted octanol–water partition coefficient (Wildman–Crippen LogP) is 2.69. The van der Waals surface area contributed by atoms with Gasteiger partial charge in [-0.25, -0.2) is 4.79 Å². The number of nitrogens with zero attached hydrogens (tertiary/aromatic N) is 1. The maximum Gasteiger partial charge on any atom is 0.410 e. The Kier molecular flexibility index (Phi) is 6.30. The smallest absolute Gasteiger partial charge is 0.410 e. The highest BCUT2D eigenvalue weighted by molar-refractivity contribution is 5.75. The van der Waals surface area contributed by atoms with E-state index in [1.165, 1.54) is 0 Å². The topological polar surface area (TPSA) is 58.6 Å². The summed E-state index contributed by atoms with van der Waals surface area (Å²) in [5.41, 5.74) is -0.477. The Labute approximate surface area is 122 Å². The average molecular weight is 284 g/mol. The highest BCUT2D eigenvalue weighted by Crippen LogP contribution is 2.23. The van der Waals surface area contributed by atoms with Crippen LogP contribution in [0.5, 0.6) is 0 Å². The third-order valence-corrected chi connectivity index (χ3v) is 3.49. The van der Waals surface area contributed by atoms with Crippen molar-refractivity contribution in [2.24, 2.45) is 0 Å². The molecule has 0 spiro atoms. The molecule has 0 aromatic heterocycles. The first-order valence-corrected chi connectivity index (χ1v) is 7.53. The normalized spacial score (nSPS) is 20.2. The van der Waals surface area contributed by atoms with Crippen LogP contribution in [0.15, 0.2) is 0 Å². The number of hydrogen-bond acceptors (Lipinski definition) is 3. The predicted molar refractivity (Wildman–Crippen MR) is 78.5 cm³/mol. The summed E-state index contributed by atoms with van der Waals surface area (Å²) < 4.78 is 5.48. The molecule has 5 heteroatoms. The van der Waals surface area contributed by atoms with Gasteiger partial charge in [-0.15, -0.1) is 0 Å². The maximum atomic E-state index is 12.3. The van der Waals surface area contributed by atoms with Gasteiger partial charge in [0.25, 0.3) is 0 Å². The quantitative estimate of drug-likeness (QED) is 0.867. The molecule has 1 unspecified atom stereocenters. The van der Waals surface area contributed by atoms with Gasteiger partial charge in [-0.1, -0.05) is 12.8 Å². The number of carbonyl (C=O) groups excluding carboxylic acids is 2. The average Bonchev–Trinajstić information content (AvgIpc) is 2.59. The summed E-state index contributed by atoms with van der Waals surface area (Å²) in [6.45, 7) is 6.36. The summed E-state index contributed by atoms with van der Waals surface area (Å²) in [7, 11) is 1.64. The molecule has 0 aromatic rings. The highest BCUT2D eigenvalue weighted by atomic mass is 16.6. The second-order valence-electron chi connectivity index (χ2n) is 6.39. The van der Waals surface area contributed by atoms with Crippen LogP contribution in [0.25, 0.3) is 0 Å². The van der Waals surface area contributed by atoms with Crippen molar-refractivity contribution in [3.8, 4) is 0 Å². The zero-order valence-corrected chi connectivity index (χ0v) is 13.2. The van der Waals surface area contributed by atoms with Crippen molar-refractivity contribution in [1.82, 2.24) is 10.2 Å². The highest BCUT2D eigenvalue weighted by Gasteiger charge is 2.29. The number of nitrogens with one attached hydrogen (secondary N) is 1. The molecule has 116 valence electrons. The molecule has 1 heterocycles. The van der Waals surface area contributed by atoms with Crippen molar-refractivity contribution in [3.05, 3.63) is 0 Å². The number of hydrogen-bond donors (Lipinski definition) is 1. The Hall–Kier alpha value is -1.26. The lowest BCUT2D eigenvalue weighted by Crippen LogP contribution is -2.43. The summed E-state index contributed by atoms with van der Waals surface area (Å²) in [6.07, 6.45) is 5.13. The van der Waals surface area contributed by atoms with E-state index < -0.39 is 5.60 Å². The van der Waals surface area contributed by atoms with Crippen molar-refractivity contribution in [2.45, 2.75) is 70.9 Å². The van der Waals surface area contributed by atoms with Gasteiger partial charge in [-0.05, 0) is 40.0 Å². The largest absolute Gasteiger partial charge is 0.444 e. The van der Waals surface area contributed by atoms with Crippen LogP contribution < -0.4 is 5.32 Å². The minimum atomic E-state index is -0.477. The zero-order valence-electron chi connectivity index (χ0n) is 13.2. The van der Waals surface area contributed by atoms with Crippen molar-refractivity contribution < 1.29 is 14.3 Å². The fourth-order valence-corrected chi connectivity index (χ4v) is 2.46. The van der Waals surface area contributed by atoms with E-state index in [-0.39, 0.29) is 18.0 Å². The van der Waals surface area contributed by atoms with E-state index in [4.69, 9.17) is 4.74 Å². The first-order valence-electron chi connectivity index (χ1n) is 7.53. The van der Waals surface area contributed by atoms with Gasteiger partial charge in [0.15, 0.2) is 0 Å². The van der Waals surface area contributed by atoms with E-state index in [0.717, 1.165) is 32.2 Å². The Morgan fingerprint density at radius 3 is 2.55 bits per heavy atom. The number of likely N-dealkylation sites (tertiary alicyclic amines) is 1. The molecule has 1 atom stereocenters. The molecule has 1 aliphatic heterocycles. The SMILES string of the molecule is CNC(=O)CCC1CCCCCN1C(=O)OC(C)(C)C. The third kappa shape index (κ3) is 5.80. The van der Waals surface area contributed by atoms with Crippen LogP contribution in [0, 0.1) is 0 Å². The Bertz CT molecular complexity index is 337. The molecule has 1 rings (SSSR count). The molecule has 2 amide bonds. The number of ether oxygens (including phenoxy) is 1. The lowest BCUT2D eigenvalue weighted by molar-refractivity contribution is -0.121. The molecule has 1 N–H and O–H groups in total. The van der Waals surface area contributed by atoms with Gasteiger partial charge in [0, 0.05) is 26.1 Å². The molecule has 1 saturated heterocycles. The molecular formula is C15H28N2O3. The molecule has 5 nitrogen and oxygen atoms in total. The van der Waals surface area contributed by atoms with Crippen LogP contribution in [0.1, 0.15) is 59.3 Å². The zero-order chi connectivity index (χ0) is 15.2. The number of carbonyl (C=O) groups is 2. The van der Waals surface area contributed by atoms with E-state index in [1.54, 1.807) is 7.05 Å². The van der Waals surface area contributed by atoms with Gasteiger partial charge in [-0.3, -0.25) is 4.79 Å². The van der Waals surface area contributed by atoms with Gasteiger partial charge in [0.2, 0.25) is 5.91 Å². The van der Waals surface area contributed by atoms with Gasteiger partial charge in [0.1, 0.15) is 5.60 Å². The van der Waals surface area contributed by atoms with E-state index >= 15 is 0 Å². The van der Waals surface area contributed by atoms with Crippen LogP contribution in [-0.2, 0) is 9.53 Å². The molecule has 0 aromatic carbocycles. The first-order chi connectivity index (χ1) is 9.33. The van der Waals surface area contributed by atoms with Gasteiger partial charge >= 0.3 is 6.09 Å². The summed E-state index contributed by atoms with van der Waals surface area (Å²) in [4.78, 5) is 25.5. The minimum absolute atomic E-state index is 0.0263. The second kappa shape index (κ2) is 7.50. The van der Waals surface area contributed by atoms with E-state index in [9.17, 15) is 9.59 Å². The van der Waals surface area contributed by atoms with Crippen LogP contribution >= 0.6 is 0 Å². The maximum absolute atomic E-state index is 12.3. The Morgan fingerprint density at radius 2 is 1.95 bits per heavy atom. The molecule has 0 aliphatic carbocycles. The van der Waals surface area contributed by atoms with Crippen molar-refractivity contribution in [2.75, 3.05) is 13.6 Å². The van der Waals surface area contributed by atoms with E-state index in [0.29, 0.717) is 12.8 Å². The lowest BCUT2D eigenvalue weighted by atomic mass is 10.0. The monoisotopic (exact) mass is 284 g/mol. The lowest BCUT2D eigenvalue weighted by Gasteiger charge is -2.32. The van der Waals surface area contributed by atoms with E-state index in [1.807, 2.05) is 25.7 Å².